The number of carboxylic acid groups (broad SMARTS) is 2. The third kappa shape index (κ3) is 20.8. The maximum absolute atomic E-state index is 15.7. The van der Waals surface area contributed by atoms with Crippen LogP contribution in [0.3, 0.4) is 0 Å². The Hall–Kier alpha value is -15.3. The number of phenols is 1. The number of carbonyl (C=O) groups excluding carboxylic acids is 5. The van der Waals surface area contributed by atoms with Crippen molar-refractivity contribution in [3.8, 4) is 68.6 Å². The lowest BCUT2D eigenvalue weighted by Crippen LogP contribution is -2.49. The molecule has 1 saturated heterocycles. The van der Waals surface area contributed by atoms with E-state index in [2.05, 4.69) is 152 Å². The van der Waals surface area contributed by atoms with Gasteiger partial charge >= 0.3 is 5.69 Å². The van der Waals surface area contributed by atoms with E-state index in [0.29, 0.717) is 78.8 Å². The summed E-state index contributed by atoms with van der Waals surface area (Å²) >= 11 is 1.40. The molecule has 149 heavy (non-hydrogen) atoms. The van der Waals surface area contributed by atoms with Crippen molar-refractivity contribution in [3.05, 3.63) is 307 Å². The molecule has 5 aliphatic heterocycles. The fourth-order valence-electron chi connectivity index (χ4n) is 19.9. The van der Waals surface area contributed by atoms with Crippen molar-refractivity contribution < 1.29 is 113 Å². The summed E-state index contributed by atoms with van der Waals surface area (Å²) in [6.07, 6.45) is 17.2. The molecule has 5 atom stereocenters. The number of benzene rings is 8. The minimum Gasteiger partial charge on any atom is -0.756 e. The zero-order chi connectivity index (χ0) is 106. The number of likely N-dealkylation sites (N-methyl/N-ethyl adjacent to an activating group) is 2. The number of hydrogen-bond acceptors (Lipinski definition) is 29. The molecule has 7 N–H and O–H groups in total. The van der Waals surface area contributed by atoms with E-state index < -0.39 is 84.0 Å². The standard InChI is InChI=1S/C108H104N15O22P3S/c1-15-122-83-52-87-80(50-77(83)61(3)54-107(122,5)6)92(81-51-78-62(4)55-108(7,8)123(16-2)84(78)53-88(81)142-87)93-94(106(131)132)95(118-42-35-68(36-43-118)115(9)10)97(120-46-39-70(40-47-120)117(13)14)99(96(93)119-44-37-69(38-45-119)116(11)12)149-73-28-23-65(24-29-73)102(126)111-56-63-19-21-64(22-20-63)103(127)112-57-82-85(125)33-32-76-91(75-31-26-71(124)49-86(75)143-98(76)82)79-48-66(25-30-74(79)105(129)130)104(128)110-41-17-18-67-58-121(101-90(67)100(109)113-60-114-101)89-34-27-72(141-89)59-140-147(136,137)145-148(138,139)144-146(133,134)135/h19-26,28-33,35-40,42-55,58,60,72,89H,15-16,27,34,41,56-57,59H2,1-14H3,(H8-4,109,110,111,112,113,114,124,125,126,127,128,129,130,131,132,133,134,135,136,137,138,139)/p-1. The second-order valence-electron chi connectivity index (χ2n) is 38.0. The zero-order valence-electron chi connectivity index (χ0n) is 83.4. The lowest BCUT2D eigenvalue weighted by Gasteiger charge is -2.43. The number of phosphoric ester groups is 1. The number of pyridine rings is 3. The Morgan fingerprint density at radius 2 is 1.25 bits per heavy atom. The SMILES string of the molecule is CCN1c2cc3c(cc2C(C)=CC1(C)C)C(c1c(C(=O)[O-])c(-[n+]2ccc(N(C)C)cc2)c(-[n+]2ccc(N(C)C)cc2)c(Sc2ccc(C(=O)NCc4ccc(C(=O)NCc5c6oc7cc(O)ccc7c(-c7cc(C(=O)NCC#Cc8cn(C9CCC(COP(=O)([O-])OP(=O)([O-])OP(=O)([O-])O)O9)c9ncnc(N)c89)ccc7C(=O)[O-])c-6ccc5=O)cc4)cc2)c1-[n+]1ccc(N(C)C)cc1)=c1cc2c(cc1O3)=[N+](CC)C(C)(C)C=C2C. The number of nitrogens with zero attached hydrogens (tertiary/aromatic N) is 11. The summed E-state index contributed by atoms with van der Waals surface area (Å²) in [5, 5.41) is 50.4. The van der Waals surface area contributed by atoms with Crippen LogP contribution in [0.25, 0.3) is 78.2 Å². The number of amides is 3. The second-order valence-corrected chi connectivity index (χ2v) is 43.3. The van der Waals surface area contributed by atoms with Crippen molar-refractivity contribution in [2.24, 2.45) is 0 Å². The van der Waals surface area contributed by atoms with Gasteiger partial charge < -0.3 is 109 Å². The van der Waals surface area contributed by atoms with Gasteiger partial charge in [0, 0.05) is 218 Å². The molecule has 6 aliphatic rings. The number of phenolic OH excluding ortho intramolecular Hbond substituents is 1. The van der Waals surface area contributed by atoms with Gasteiger partial charge in [-0.3, -0.25) is 32.9 Å². The molecule has 0 saturated carbocycles. The molecule has 18 rings (SSSR count). The molecule has 764 valence electrons. The first kappa shape index (κ1) is 104. The lowest BCUT2D eigenvalue weighted by molar-refractivity contribution is -0.637. The Morgan fingerprint density at radius 3 is 1.87 bits per heavy atom. The number of rotatable bonds is 30. The minimum absolute atomic E-state index is 0.00648. The summed E-state index contributed by atoms with van der Waals surface area (Å²) in [6.45, 7) is 17.1. The third-order valence-electron chi connectivity index (χ3n) is 26.7. The molecule has 1 fully saturated rings. The second kappa shape index (κ2) is 40.7. The number of carbonyl (C=O) groups is 5. The van der Waals surface area contributed by atoms with Crippen LogP contribution in [0.15, 0.2) is 239 Å². The highest BCUT2D eigenvalue weighted by molar-refractivity contribution is 7.99. The van der Waals surface area contributed by atoms with E-state index >= 15 is 9.90 Å². The first-order valence-corrected chi connectivity index (χ1v) is 52.7. The van der Waals surface area contributed by atoms with Gasteiger partial charge in [-0.05, 0) is 168 Å². The third-order valence-corrected chi connectivity index (χ3v) is 31.5. The quantitative estimate of drug-likeness (QED) is 0.0106. The molecule has 7 aromatic carbocycles. The van der Waals surface area contributed by atoms with Gasteiger partial charge in [-0.25, -0.2) is 23.2 Å². The van der Waals surface area contributed by atoms with Gasteiger partial charge in [0.1, 0.15) is 59.2 Å². The van der Waals surface area contributed by atoms with Gasteiger partial charge in [0.2, 0.25) is 11.0 Å². The number of aromatic hydroxyl groups is 1. The van der Waals surface area contributed by atoms with Crippen molar-refractivity contribution in [2.75, 3.05) is 93.9 Å². The van der Waals surface area contributed by atoms with Crippen molar-refractivity contribution in [3.63, 3.8) is 0 Å². The van der Waals surface area contributed by atoms with Gasteiger partial charge in [0.25, 0.3) is 46.9 Å². The van der Waals surface area contributed by atoms with E-state index in [1.807, 2.05) is 156 Å². The first-order chi connectivity index (χ1) is 70.7. The number of fused-ring (bicyclic) bond motifs is 7. The molecule has 10 heterocycles. The molecule has 0 spiro atoms. The molecule has 0 bridgehead atoms. The smallest absolute Gasteiger partial charge is 0.304 e. The van der Waals surface area contributed by atoms with E-state index in [4.69, 9.17) is 24.5 Å². The zero-order valence-corrected chi connectivity index (χ0v) is 86.9. The van der Waals surface area contributed by atoms with Crippen molar-refractivity contribution in [1.29, 1.82) is 0 Å². The number of ether oxygens (including phenoxy) is 2. The van der Waals surface area contributed by atoms with Crippen LogP contribution in [0, 0.1) is 11.8 Å². The average Bonchev–Trinajstić information content (AvgIpc) is 0.868. The number of aromatic carboxylic acids is 2. The summed E-state index contributed by atoms with van der Waals surface area (Å²) in [7, 11) is -6.24. The van der Waals surface area contributed by atoms with Gasteiger partial charge in [-0.15, -0.1) is 0 Å². The summed E-state index contributed by atoms with van der Waals surface area (Å²) < 4.78 is 76.1. The molecule has 12 aromatic rings. The summed E-state index contributed by atoms with van der Waals surface area (Å²) in [5.41, 5.74) is 16.5. The average molecular weight is 2090 g/mol. The van der Waals surface area contributed by atoms with E-state index in [0.717, 1.165) is 56.4 Å². The van der Waals surface area contributed by atoms with Crippen LogP contribution >= 0.6 is 35.2 Å². The fourth-order valence-corrected chi connectivity index (χ4v) is 23.9. The van der Waals surface area contributed by atoms with Crippen molar-refractivity contribution >= 4 is 132 Å². The van der Waals surface area contributed by atoms with Crippen molar-refractivity contribution in [1.82, 2.24) is 35.1 Å². The fraction of sp³-hybridized carbons (Fsp3) is 0.241. The Bertz CT molecular complexity index is 8350. The van der Waals surface area contributed by atoms with Gasteiger partial charge in [-0.2, -0.15) is 13.7 Å². The summed E-state index contributed by atoms with van der Waals surface area (Å²) in [6, 6.07) is 44.3. The molecular formula is C108H103N15O22P3S-. The summed E-state index contributed by atoms with van der Waals surface area (Å²) in [4.78, 5) is 148. The van der Waals surface area contributed by atoms with Gasteiger partial charge in [0.15, 0.2) is 53.0 Å². The molecule has 41 heteroatoms. The van der Waals surface area contributed by atoms with Crippen LogP contribution in [-0.2, 0) is 44.7 Å². The topological polar surface area (TPSA) is 489 Å². The number of allylic oxidation sites excluding steroid dienone is 2. The maximum Gasteiger partial charge on any atom is 0.304 e. The van der Waals surface area contributed by atoms with Crippen LogP contribution < -0.4 is 105 Å². The molecule has 5 aromatic heterocycles. The number of phosphoric acid groups is 3. The highest BCUT2D eigenvalue weighted by Crippen LogP contribution is 2.62. The number of nitrogen functional groups attached to an aromatic ring is 1. The number of nitrogens with one attached hydrogen (secondary N) is 3. The summed E-state index contributed by atoms with van der Waals surface area (Å²) in [5.74, 6) is 1.58. The Labute approximate surface area is 859 Å². The predicted molar refractivity (Wildman–Crippen MR) is 550 cm³/mol. The largest absolute Gasteiger partial charge is 0.756 e. The molecular weight excluding hydrogens is 1980 g/mol. The van der Waals surface area contributed by atoms with Crippen LogP contribution in [0.4, 0.5) is 28.6 Å². The number of anilines is 5. The van der Waals surface area contributed by atoms with Crippen LogP contribution in [0.2, 0.25) is 0 Å². The molecule has 0 radical (unpaired) electrons. The molecule has 5 unspecified atom stereocenters. The molecule has 1 aliphatic carbocycles. The number of aromatic nitrogens is 6. The highest BCUT2D eigenvalue weighted by Gasteiger charge is 2.46. The van der Waals surface area contributed by atoms with Crippen molar-refractivity contribution in [2.45, 2.75) is 115 Å². The van der Waals surface area contributed by atoms with E-state index in [1.54, 1.807) is 36.4 Å². The Kier molecular flexibility index (Phi) is 28.3. The van der Waals surface area contributed by atoms with Crippen LogP contribution in [-0.4, -0.2) is 140 Å². The monoisotopic (exact) mass is 2090 g/mol. The van der Waals surface area contributed by atoms with E-state index in [-0.39, 0.29) is 132 Å². The lowest BCUT2D eigenvalue weighted by atomic mass is 9.82. The molecule has 3 amide bonds. The Morgan fingerprint density at radius 1 is 0.638 bits per heavy atom. The molecule has 37 nitrogen and oxygen atoms in total. The van der Waals surface area contributed by atoms with E-state index in [9.17, 15) is 62.6 Å². The van der Waals surface area contributed by atoms with Gasteiger partial charge in [0.05, 0.1) is 77.0 Å². The normalized spacial score (nSPS) is 16.0. The van der Waals surface area contributed by atoms with Crippen LogP contribution in [0.1, 0.15) is 165 Å². The minimum atomic E-state index is -6.16. The predicted octanol–water partition coefficient (Wildman–Crippen LogP) is 9.35. The maximum atomic E-state index is 15.7. The van der Waals surface area contributed by atoms with E-state index in [1.165, 1.54) is 71.3 Å². The van der Waals surface area contributed by atoms with Gasteiger partial charge in [-0.1, -0.05) is 47.9 Å². The number of hydrogen-bond donors (Lipinski definition) is 6. The first-order valence-electron chi connectivity index (χ1n) is 47.4. The number of carboxylic acids is 2. The Balaban J connectivity index is 0.629. The number of nitrogens with two attached hydrogens (primary N) is 1. The van der Waals surface area contributed by atoms with Crippen LogP contribution in [0.5, 0.6) is 17.2 Å². The highest BCUT2D eigenvalue weighted by atomic mass is 32.2.